The number of carbonyl (C=O) groups excluding carboxylic acids is 1. The smallest absolute Gasteiger partial charge is 0.271 e. The highest BCUT2D eigenvalue weighted by atomic mass is 16.1. The van der Waals surface area contributed by atoms with Gasteiger partial charge in [0, 0.05) is 13.1 Å². The second-order valence-electron chi connectivity index (χ2n) is 4.69. The van der Waals surface area contributed by atoms with Crippen LogP contribution in [0, 0.1) is 5.92 Å². The summed E-state index contributed by atoms with van der Waals surface area (Å²) in [5.41, 5.74) is 0.364. The van der Waals surface area contributed by atoms with Crippen molar-refractivity contribution >= 4 is 11.7 Å². The van der Waals surface area contributed by atoms with Gasteiger partial charge in [-0.25, -0.2) is 0 Å². The molecule has 1 saturated carbocycles. The van der Waals surface area contributed by atoms with Crippen molar-refractivity contribution in [1.29, 1.82) is 0 Å². The summed E-state index contributed by atoms with van der Waals surface area (Å²) in [5.74, 6) is 1.33. The van der Waals surface area contributed by atoms with Crippen LogP contribution >= 0.6 is 0 Å². The molecule has 0 spiro atoms. The van der Waals surface area contributed by atoms with E-state index in [1.807, 2.05) is 13.0 Å². The molecule has 0 saturated heterocycles. The van der Waals surface area contributed by atoms with Gasteiger partial charge in [-0.15, -0.1) is 10.2 Å². The molecule has 5 nitrogen and oxygen atoms in total. The highest BCUT2D eigenvalue weighted by Gasteiger charge is 2.14. The van der Waals surface area contributed by atoms with Crippen LogP contribution in [0.15, 0.2) is 12.1 Å². The highest BCUT2D eigenvalue weighted by Crippen LogP contribution is 2.24. The predicted octanol–water partition coefficient (Wildman–Crippen LogP) is 1.83. The van der Waals surface area contributed by atoms with Gasteiger partial charge in [-0.2, -0.15) is 0 Å². The molecule has 1 aromatic rings. The largest absolute Gasteiger partial charge is 0.368 e. The summed E-state index contributed by atoms with van der Waals surface area (Å²) in [7, 11) is 0. The Bertz CT molecular complexity index is 384. The molecule has 1 aliphatic carbocycles. The number of carbonyl (C=O) groups is 1. The molecule has 0 aliphatic heterocycles. The Balaban J connectivity index is 1.85. The molecule has 0 radical (unpaired) electrons. The summed E-state index contributed by atoms with van der Waals surface area (Å²) in [6.45, 7) is 3.43. The van der Waals surface area contributed by atoms with Gasteiger partial charge < -0.3 is 10.6 Å². The van der Waals surface area contributed by atoms with Gasteiger partial charge in [0.25, 0.3) is 5.91 Å². The van der Waals surface area contributed by atoms with E-state index in [0.29, 0.717) is 12.2 Å². The summed E-state index contributed by atoms with van der Waals surface area (Å²) in [5, 5.41) is 13.9. The normalized spacial score (nSPS) is 15.6. The Hall–Kier alpha value is -1.65. The fraction of sp³-hybridized carbons (Fsp3) is 0.615. The Morgan fingerprint density at radius 1 is 1.33 bits per heavy atom. The maximum absolute atomic E-state index is 11.5. The average Bonchev–Trinajstić information content (AvgIpc) is 2.90. The van der Waals surface area contributed by atoms with E-state index in [4.69, 9.17) is 0 Å². The van der Waals surface area contributed by atoms with Crippen LogP contribution in [0.2, 0.25) is 0 Å². The third-order valence-electron chi connectivity index (χ3n) is 3.28. The minimum Gasteiger partial charge on any atom is -0.368 e. The van der Waals surface area contributed by atoms with Crippen molar-refractivity contribution in [2.75, 3.05) is 18.4 Å². The van der Waals surface area contributed by atoms with Crippen LogP contribution in [0.3, 0.4) is 0 Å². The van der Waals surface area contributed by atoms with Crippen molar-refractivity contribution in [3.8, 4) is 0 Å². The number of hydrogen-bond donors (Lipinski definition) is 2. The zero-order valence-corrected chi connectivity index (χ0v) is 10.8. The Morgan fingerprint density at radius 3 is 2.72 bits per heavy atom. The Kier molecular flexibility index (Phi) is 4.50. The van der Waals surface area contributed by atoms with E-state index < -0.39 is 0 Å². The summed E-state index contributed by atoms with van der Waals surface area (Å²) < 4.78 is 0. The van der Waals surface area contributed by atoms with E-state index >= 15 is 0 Å². The van der Waals surface area contributed by atoms with E-state index in [9.17, 15) is 4.79 Å². The summed E-state index contributed by atoms with van der Waals surface area (Å²) in [6.07, 6.45) is 5.29. The van der Waals surface area contributed by atoms with Crippen molar-refractivity contribution in [3.63, 3.8) is 0 Å². The molecule has 18 heavy (non-hydrogen) atoms. The number of nitrogens with one attached hydrogen (secondary N) is 2. The first-order valence-electron chi connectivity index (χ1n) is 6.65. The third kappa shape index (κ3) is 3.42. The van der Waals surface area contributed by atoms with Crippen molar-refractivity contribution in [2.45, 2.75) is 32.6 Å². The van der Waals surface area contributed by atoms with Crippen LogP contribution in [-0.2, 0) is 0 Å². The van der Waals surface area contributed by atoms with Crippen LogP contribution in [0.25, 0.3) is 0 Å². The number of hydrogen-bond acceptors (Lipinski definition) is 4. The number of amides is 1. The third-order valence-corrected chi connectivity index (χ3v) is 3.28. The van der Waals surface area contributed by atoms with Crippen LogP contribution in [-0.4, -0.2) is 29.2 Å². The second-order valence-corrected chi connectivity index (χ2v) is 4.69. The van der Waals surface area contributed by atoms with E-state index in [0.717, 1.165) is 18.3 Å². The molecule has 0 bridgehead atoms. The predicted molar refractivity (Wildman–Crippen MR) is 70.5 cm³/mol. The lowest BCUT2D eigenvalue weighted by atomic mass is 10.1. The molecular formula is C13H20N4O. The summed E-state index contributed by atoms with van der Waals surface area (Å²) in [6, 6.07) is 3.52. The first-order valence-corrected chi connectivity index (χ1v) is 6.65. The molecule has 0 aromatic carbocycles. The van der Waals surface area contributed by atoms with Gasteiger partial charge in [0.1, 0.15) is 5.82 Å². The molecule has 0 atom stereocenters. The molecule has 2 rings (SSSR count). The fourth-order valence-electron chi connectivity index (χ4n) is 2.26. The first-order chi connectivity index (χ1) is 8.79. The molecule has 2 N–H and O–H groups in total. The minimum absolute atomic E-state index is 0.174. The molecule has 0 unspecified atom stereocenters. The number of anilines is 1. The van der Waals surface area contributed by atoms with Crippen molar-refractivity contribution in [3.05, 3.63) is 17.8 Å². The van der Waals surface area contributed by atoms with Crippen molar-refractivity contribution < 1.29 is 4.79 Å². The first kappa shape index (κ1) is 12.8. The van der Waals surface area contributed by atoms with Gasteiger partial charge in [-0.05, 0) is 37.8 Å². The Labute approximate surface area is 107 Å². The monoisotopic (exact) mass is 248 g/mol. The van der Waals surface area contributed by atoms with Gasteiger partial charge in [0.2, 0.25) is 0 Å². The van der Waals surface area contributed by atoms with Gasteiger partial charge in [0.05, 0.1) is 0 Å². The molecule has 5 heteroatoms. The lowest BCUT2D eigenvalue weighted by molar-refractivity contribution is 0.0950. The van der Waals surface area contributed by atoms with Gasteiger partial charge >= 0.3 is 0 Å². The van der Waals surface area contributed by atoms with Crippen LogP contribution < -0.4 is 10.6 Å². The maximum Gasteiger partial charge on any atom is 0.271 e. The zero-order chi connectivity index (χ0) is 12.8. The SMILES string of the molecule is CCNC(=O)c1ccc(NCC2CCCC2)nn1. The molecule has 1 aromatic heterocycles. The van der Waals surface area contributed by atoms with Gasteiger partial charge in [-0.1, -0.05) is 12.8 Å². The number of rotatable bonds is 5. The molecule has 98 valence electrons. The number of nitrogens with zero attached hydrogens (tertiary/aromatic N) is 2. The molecular weight excluding hydrogens is 228 g/mol. The topological polar surface area (TPSA) is 66.9 Å². The lowest BCUT2D eigenvalue weighted by Gasteiger charge is -2.10. The van der Waals surface area contributed by atoms with Crippen LogP contribution in [0.1, 0.15) is 43.1 Å². The highest BCUT2D eigenvalue weighted by molar-refractivity contribution is 5.92. The molecule has 1 amide bonds. The van der Waals surface area contributed by atoms with Gasteiger partial charge in [0.15, 0.2) is 5.69 Å². The molecule has 1 heterocycles. The van der Waals surface area contributed by atoms with Crippen molar-refractivity contribution in [1.82, 2.24) is 15.5 Å². The summed E-state index contributed by atoms with van der Waals surface area (Å²) in [4.78, 5) is 11.5. The van der Waals surface area contributed by atoms with E-state index in [1.165, 1.54) is 25.7 Å². The van der Waals surface area contributed by atoms with Crippen LogP contribution in [0.5, 0.6) is 0 Å². The number of aromatic nitrogens is 2. The second kappa shape index (κ2) is 6.33. The quantitative estimate of drug-likeness (QED) is 0.834. The van der Waals surface area contributed by atoms with E-state index in [1.54, 1.807) is 6.07 Å². The fourth-order valence-corrected chi connectivity index (χ4v) is 2.26. The van der Waals surface area contributed by atoms with E-state index in [2.05, 4.69) is 20.8 Å². The molecule has 1 fully saturated rings. The minimum atomic E-state index is -0.174. The van der Waals surface area contributed by atoms with Gasteiger partial charge in [-0.3, -0.25) is 4.79 Å². The lowest BCUT2D eigenvalue weighted by Crippen LogP contribution is -2.24. The summed E-state index contributed by atoms with van der Waals surface area (Å²) >= 11 is 0. The van der Waals surface area contributed by atoms with Crippen molar-refractivity contribution in [2.24, 2.45) is 5.92 Å². The average molecular weight is 248 g/mol. The standard InChI is InChI=1S/C13H20N4O/c1-2-14-13(18)11-7-8-12(17-16-11)15-9-10-5-3-4-6-10/h7-8,10H,2-6,9H2,1H3,(H,14,18)(H,15,17). The Morgan fingerprint density at radius 2 is 2.11 bits per heavy atom. The maximum atomic E-state index is 11.5. The molecule has 1 aliphatic rings. The van der Waals surface area contributed by atoms with Crippen LogP contribution in [0.4, 0.5) is 5.82 Å². The van der Waals surface area contributed by atoms with E-state index in [-0.39, 0.29) is 5.91 Å². The zero-order valence-electron chi connectivity index (χ0n) is 10.8.